The van der Waals surface area contributed by atoms with E-state index in [4.69, 9.17) is 5.73 Å². The minimum Gasteiger partial charge on any atom is -0.369 e. The second-order valence-corrected chi connectivity index (χ2v) is 6.78. The van der Waals surface area contributed by atoms with Crippen LogP contribution in [0, 0.1) is 25.2 Å². The van der Waals surface area contributed by atoms with E-state index < -0.39 is 0 Å². The van der Waals surface area contributed by atoms with Crippen molar-refractivity contribution in [1.29, 1.82) is 5.26 Å². The molecule has 0 saturated carbocycles. The van der Waals surface area contributed by atoms with E-state index in [1.165, 1.54) is 6.07 Å². The van der Waals surface area contributed by atoms with Crippen LogP contribution in [0.2, 0.25) is 0 Å². The van der Waals surface area contributed by atoms with Gasteiger partial charge in [0, 0.05) is 37.4 Å². The van der Waals surface area contributed by atoms with Gasteiger partial charge < -0.3 is 10.6 Å². The SMILES string of the molecule is Cc1cc(N2CC[C@H](N(C)Cc3cc(=O)[nH]c(N)n3)C2)c(C#N)c(C)n1. The molecule has 0 unspecified atom stereocenters. The number of hydrogen-bond donors (Lipinski definition) is 2. The second-order valence-electron chi connectivity index (χ2n) is 6.78. The van der Waals surface area contributed by atoms with Crippen LogP contribution in [0.15, 0.2) is 16.9 Å². The van der Waals surface area contributed by atoms with Crippen LogP contribution in [0.1, 0.15) is 29.1 Å². The highest BCUT2D eigenvalue weighted by Gasteiger charge is 2.28. The van der Waals surface area contributed by atoms with Crippen molar-refractivity contribution in [1.82, 2.24) is 19.9 Å². The van der Waals surface area contributed by atoms with E-state index in [2.05, 4.69) is 30.8 Å². The van der Waals surface area contributed by atoms with Gasteiger partial charge in [-0.05, 0) is 33.4 Å². The number of H-pyrrole nitrogens is 1. The molecule has 0 amide bonds. The molecule has 1 fully saturated rings. The lowest BCUT2D eigenvalue weighted by Crippen LogP contribution is -2.35. The Kier molecular flexibility index (Phi) is 4.91. The summed E-state index contributed by atoms with van der Waals surface area (Å²) >= 11 is 0. The lowest BCUT2D eigenvalue weighted by atomic mass is 10.1. The number of aromatic amines is 1. The summed E-state index contributed by atoms with van der Waals surface area (Å²) in [6.07, 6.45) is 0.973. The summed E-state index contributed by atoms with van der Waals surface area (Å²) in [7, 11) is 2.02. The molecular formula is C18H23N7O. The molecule has 136 valence electrons. The van der Waals surface area contributed by atoms with E-state index in [1.807, 2.05) is 27.0 Å². The maximum atomic E-state index is 11.5. The van der Waals surface area contributed by atoms with Crippen LogP contribution in [0.25, 0.3) is 0 Å². The number of aryl methyl sites for hydroxylation is 2. The van der Waals surface area contributed by atoms with Gasteiger partial charge in [0.1, 0.15) is 6.07 Å². The van der Waals surface area contributed by atoms with Gasteiger partial charge in [-0.1, -0.05) is 0 Å². The number of nitriles is 1. The summed E-state index contributed by atoms with van der Waals surface area (Å²) in [5, 5.41) is 9.49. The number of nitrogens with two attached hydrogens (primary N) is 1. The van der Waals surface area contributed by atoms with Crippen LogP contribution < -0.4 is 16.2 Å². The Labute approximate surface area is 152 Å². The Morgan fingerprint density at radius 2 is 2.19 bits per heavy atom. The summed E-state index contributed by atoms with van der Waals surface area (Å²) in [6, 6.07) is 6.04. The standard InChI is InChI=1S/C18H23N7O/c1-11-6-16(15(8-19)12(2)21-11)25-5-4-14(10-25)24(3)9-13-7-17(26)23-18(20)22-13/h6-7,14H,4-5,9-10H2,1-3H3,(H3,20,22,23,26)/t14-/m0/s1. The third kappa shape index (κ3) is 3.68. The molecule has 0 bridgehead atoms. The lowest BCUT2D eigenvalue weighted by Gasteiger charge is -2.25. The molecule has 2 aromatic rings. The smallest absolute Gasteiger partial charge is 0.252 e. The molecule has 0 aliphatic carbocycles. The quantitative estimate of drug-likeness (QED) is 0.840. The number of nitrogens with zero attached hydrogens (tertiary/aromatic N) is 5. The fourth-order valence-corrected chi connectivity index (χ4v) is 3.51. The van der Waals surface area contributed by atoms with Crippen LogP contribution >= 0.6 is 0 Å². The first kappa shape index (κ1) is 17.9. The maximum absolute atomic E-state index is 11.5. The van der Waals surface area contributed by atoms with Crippen molar-refractivity contribution in [2.24, 2.45) is 0 Å². The Morgan fingerprint density at radius 3 is 2.88 bits per heavy atom. The number of hydrogen-bond acceptors (Lipinski definition) is 7. The molecule has 2 aromatic heterocycles. The zero-order valence-electron chi connectivity index (χ0n) is 15.3. The normalized spacial score (nSPS) is 16.9. The van der Waals surface area contributed by atoms with E-state index in [-0.39, 0.29) is 11.5 Å². The summed E-state index contributed by atoms with van der Waals surface area (Å²) in [6.45, 7) is 6.05. The summed E-state index contributed by atoms with van der Waals surface area (Å²) < 4.78 is 0. The van der Waals surface area contributed by atoms with Gasteiger partial charge in [0.2, 0.25) is 5.95 Å². The molecule has 1 atom stereocenters. The number of rotatable bonds is 4. The van der Waals surface area contributed by atoms with Gasteiger partial charge in [-0.3, -0.25) is 19.7 Å². The average molecular weight is 353 g/mol. The molecule has 0 aromatic carbocycles. The minimum atomic E-state index is -0.240. The molecule has 1 aliphatic heterocycles. The summed E-state index contributed by atoms with van der Waals surface area (Å²) in [5.74, 6) is 0.135. The maximum Gasteiger partial charge on any atom is 0.252 e. The van der Waals surface area contributed by atoms with Gasteiger partial charge >= 0.3 is 0 Å². The van der Waals surface area contributed by atoms with Crippen LogP contribution in [0.5, 0.6) is 0 Å². The van der Waals surface area contributed by atoms with Crippen molar-refractivity contribution >= 4 is 11.6 Å². The monoisotopic (exact) mass is 353 g/mol. The summed E-state index contributed by atoms with van der Waals surface area (Å²) in [4.78, 5) is 27.0. The number of nitrogen functional groups attached to an aromatic ring is 1. The predicted molar refractivity (Wildman–Crippen MR) is 99.8 cm³/mol. The van der Waals surface area contributed by atoms with Crippen LogP contribution in [-0.4, -0.2) is 46.0 Å². The Balaban J connectivity index is 1.74. The predicted octanol–water partition coefficient (Wildman–Crippen LogP) is 0.946. The van der Waals surface area contributed by atoms with Crippen LogP contribution in [0.3, 0.4) is 0 Å². The van der Waals surface area contributed by atoms with Crippen molar-refractivity contribution < 1.29 is 0 Å². The molecule has 1 saturated heterocycles. The topological polar surface area (TPSA) is 115 Å². The van der Waals surface area contributed by atoms with Gasteiger partial charge in [-0.25, -0.2) is 4.98 Å². The minimum absolute atomic E-state index is 0.135. The first-order valence-corrected chi connectivity index (χ1v) is 8.56. The lowest BCUT2D eigenvalue weighted by molar-refractivity contribution is 0.247. The second kappa shape index (κ2) is 7.14. The van der Waals surface area contributed by atoms with Crippen LogP contribution in [0.4, 0.5) is 11.6 Å². The molecule has 8 nitrogen and oxygen atoms in total. The van der Waals surface area contributed by atoms with Crippen LogP contribution in [-0.2, 0) is 6.54 Å². The molecule has 0 radical (unpaired) electrons. The average Bonchev–Trinajstić information content (AvgIpc) is 3.03. The molecule has 1 aliphatic rings. The highest BCUT2D eigenvalue weighted by atomic mass is 16.1. The van der Waals surface area contributed by atoms with E-state index in [9.17, 15) is 10.1 Å². The number of nitrogens with one attached hydrogen (secondary N) is 1. The zero-order chi connectivity index (χ0) is 18.8. The highest BCUT2D eigenvalue weighted by Crippen LogP contribution is 2.28. The van der Waals surface area contributed by atoms with Crippen molar-refractivity contribution in [2.75, 3.05) is 30.8 Å². The van der Waals surface area contributed by atoms with Crippen molar-refractivity contribution in [2.45, 2.75) is 32.9 Å². The molecule has 0 spiro atoms. The van der Waals surface area contributed by atoms with Gasteiger partial charge in [0.15, 0.2) is 0 Å². The van der Waals surface area contributed by atoms with Crippen molar-refractivity contribution in [3.63, 3.8) is 0 Å². The Hall–Kier alpha value is -2.92. The van der Waals surface area contributed by atoms with E-state index in [0.717, 1.165) is 36.6 Å². The van der Waals surface area contributed by atoms with Gasteiger partial charge in [0.25, 0.3) is 5.56 Å². The fourth-order valence-electron chi connectivity index (χ4n) is 3.51. The highest BCUT2D eigenvalue weighted by molar-refractivity contribution is 5.62. The van der Waals surface area contributed by atoms with E-state index in [0.29, 0.717) is 23.8 Å². The fraction of sp³-hybridized carbons (Fsp3) is 0.444. The molecule has 3 N–H and O–H groups in total. The molecule has 8 heteroatoms. The number of anilines is 2. The molecule has 3 heterocycles. The third-order valence-corrected chi connectivity index (χ3v) is 4.77. The summed E-state index contributed by atoms with van der Waals surface area (Å²) in [5.41, 5.74) is 9.30. The number of likely N-dealkylation sites (N-methyl/N-ethyl adjacent to an activating group) is 1. The van der Waals surface area contributed by atoms with Crippen molar-refractivity contribution in [3.05, 3.63) is 45.1 Å². The van der Waals surface area contributed by atoms with Gasteiger partial charge in [-0.15, -0.1) is 0 Å². The largest absolute Gasteiger partial charge is 0.369 e. The Bertz CT molecular complexity index is 915. The van der Waals surface area contributed by atoms with Gasteiger partial charge in [0.05, 0.1) is 22.6 Å². The number of aromatic nitrogens is 3. The first-order valence-electron chi connectivity index (χ1n) is 8.56. The van der Waals surface area contributed by atoms with Gasteiger partial charge in [-0.2, -0.15) is 5.26 Å². The Morgan fingerprint density at radius 1 is 1.42 bits per heavy atom. The molecular weight excluding hydrogens is 330 g/mol. The number of pyridine rings is 1. The van der Waals surface area contributed by atoms with Crippen molar-refractivity contribution in [3.8, 4) is 6.07 Å². The van der Waals surface area contributed by atoms with E-state index in [1.54, 1.807) is 0 Å². The molecule has 3 rings (SSSR count). The molecule has 26 heavy (non-hydrogen) atoms. The van der Waals surface area contributed by atoms with E-state index >= 15 is 0 Å². The third-order valence-electron chi connectivity index (χ3n) is 4.77. The zero-order valence-corrected chi connectivity index (χ0v) is 15.3. The first-order chi connectivity index (χ1) is 12.4.